The van der Waals surface area contributed by atoms with Crippen LogP contribution >= 0.6 is 0 Å². The van der Waals surface area contributed by atoms with Crippen molar-refractivity contribution in [2.24, 2.45) is 0 Å². The molecule has 3 rings (SSSR count). The van der Waals surface area contributed by atoms with Crippen molar-refractivity contribution in [3.63, 3.8) is 0 Å². The number of nitrogens with zero attached hydrogens (tertiary/aromatic N) is 1. The van der Waals surface area contributed by atoms with E-state index < -0.39 is 0 Å². The molecule has 25 heavy (non-hydrogen) atoms. The van der Waals surface area contributed by atoms with E-state index in [1.54, 1.807) is 24.4 Å². The van der Waals surface area contributed by atoms with Gasteiger partial charge in [0.25, 0.3) is 5.91 Å². The van der Waals surface area contributed by atoms with Gasteiger partial charge in [-0.2, -0.15) is 0 Å². The Hall–Kier alpha value is -2.47. The summed E-state index contributed by atoms with van der Waals surface area (Å²) in [7, 11) is 0. The van der Waals surface area contributed by atoms with Crippen molar-refractivity contribution in [2.45, 2.75) is 25.4 Å². The normalized spacial score (nSPS) is 16.6. The molecular formula is C19H22FN3O2. The number of pyridine rings is 1. The molecular weight excluding hydrogens is 321 g/mol. The van der Waals surface area contributed by atoms with Gasteiger partial charge in [0, 0.05) is 31.6 Å². The molecule has 1 fully saturated rings. The Bertz CT molecular complexity index is 700. The Balaban J connectivity index is 1.47. The molecule has 2 N–H and O–H groups in total. The average Bonchev–Trinajstić information content (AvgIpc) is 3.15. The van der Waals surface area contributed by atoms with Crippen molar-refractivity contribution in [1.29, 1.82) is 0 Å². The quantitative estimate of drug-likeness (QED) is 0.811. The highest BCUT2D eigenvalue weighted by atomic mass is 19.1. The molecule has 2 heterocycles. The van der Waals surface area contributed by atoms with Crippen LogP contribution in [-0.4, -0.2) is 36.7 Å². The summed E-state index contributed by atoms with van der Waals surface area (Å²) in [4.78, 5) is 16.3. The summed E-state index contributed by atoms with van der Waals surface area (Å²) >= 11 is 0. The standard InChI is InChI=1S/C19H22FN3O2/c20-15-5-3-14(4-6-15)7-9-22-19(24)18-12-16(8-10-21-18)23-13-17-2-1-11-25-17/h3-6,8,10,12,17H,1-2,7,9,11,13H2,(H,21,23)(H,22,24). The average molecular weight is 343 g/mol. The van der Waals surface area contributed by atoms with E-state index in [0.717, 1.165) is 37.2 Å². The lowest BCUT2D eigenvalue weighted by molar-refractivity contribution is 0.0949. The summed E-state index contributed by atoms with van der Waals surface area (Å²) in [6, 6.07) is 9.85. The number of halogens is 1. The third kappa shape index (κ3) is 5.26. The van der Waals surface area contributed by atoms with Crippen LogP contribution in [0, 0.1) is 5.82 Å². The van der Waals surface area contributed by atoms with Gasteiger partial charge >= 0.3 is 0 Å². The van der Waals surface area contributed by atoms with E-state index >= 15 is 0 Å². The zero-order chi connectivity index (χ0) is 17.5. The Labute approximate surface area is 146 Å². The van der Waals surface area contributed by atoms with E-state index in [0.29, 0.717) is 18.7 Å². The number of benzene rings is 1. The van der Waals surface area contributed by atoms with Gasteiger partial charge in [-0.05, 0) is 49.1 Å². The highest BCUT2D eigenvalue weighted by Crippen LogP contribution is 2.14. The number of carbonyl (C=O) groups excluding carboxylic acids is 1. The van der Waals surface area contributed by atoms with Gasteiger partial charge in [0.1, 0.15) is 11.5 Å². The van der Waals surface area contributed by atoms with Crippen LogP contribution in [0.15, 0.2) is 42.6 Å². The lowest BCUT2D eigenvalue weighted by Crippen LogP contribution is -2.26. The minimum absolute atomic E-state index is 0.220. The van der Waals surface area contributed by atoms with E-state index in [-0.39, 0.29) is 17.8 Å². The molecule has 1 atom stereocenters. The maximum Gasteiger partial charge on any atom is 0.269 e. The fraction of sp³-hybridized carbons (Fsp3) is 0.368. The first-order valence-corrected chi connectivity index (χ1v) is 8.55. The fourth-order valence-electron chi connectivity index (χ4n) is 2.76. The molecule has 1 amide bonds. The number of hydrogen-bond donors (Lipinski definition) is 2. The molecule has 2 aromatic rings. The molecule has 1 aromatic heterocycles. The predicted molar refractivity (Wildman–Crippen MR) is 94.1 cm³/mol. The number of carbonyl (C=O) groups is 1. The summed E-state index contributed by atoms with van der Waals surface area (Å²) in [6.07, 6.45) is 4.66. The van der Waals surface area contributed by atoms with Crippen LogP contribution in [0.25, 0.3) is 0 Å². The number of aromatic nitrogens is 1. The summed E-state index contributed by atoms with van der Waals surface area (Å²) in [5.41, 5.74) is 2.20. The summed E-state index contributed by atoms with van der Waals surface area (Å²) < 4.78 is 18.4. The third-order valence-electron chi connectivity index (χ3n) is 4.16. The molecule has 1 unspecified atom stereocenters. The number of nitrogens with one attached hydrogen (secondary N) is 2. The molecule has 0 bridgehead atoms. The fourth-order valence-corrected chi connectivity index (χ4v) is 2.76. The van der Waals surface area contributed by atoms with Crippen molar-refractivity contribution in [2.75, 3.05) is 25.0 Å². The summed E-state index contributed by atoms with van der Waals surface area (Å²) in [6.45, 7) is 2.03. The van der Waals surface area contributed by atoms with Crippen LogP contribution in [0.1, 0.15) is 28.9 Å². The second-order valence-electron chi connectivity index (χ2n) is 6.08. The lowest BCUT2D eigenvalue weighted by Gasteiger charge is -2.12. The van der Waals surface area contributed by atoms with Crippen LogP contribution in [0.3, 0.4) is 0 Å². The van der Waals surface area contributed by atoms with Gasteiger partial charge in [-0.25, -0.2) is 4.39 Å². The number of anilines is 1. The van der Waals surface area contributed by atoms with Crippen molar-refractivity contribution in [1.82, 2.24) is 10.3 Å². The van der Waals surface area contributed by atoms with Crippen molar-refractivity contribution in [3.8, 4) is 0 Å². The lowest BCUT2D eigenvalue weighted by atomic mass is 10.1. The molecule has 5 nitrogen and oxygen atoms in total. The van der Waals surface area contributed by atoms with Crippen LogP contribution in [0.5, 0.6) is 0 Å². The first-order valence-electron chi connectivity index (χ1n) is 8.55. The first kappa shape index (κ1) is 17.4. The second-order valence-corrected chi connectivity index (χ2v) is 6.08. The molecule has 1 aliphatic rings. The maximum absolute atomic E-state index is 12.9. The topological polar surface area (TPSA) is 63.2 Å². The van der Waals surface area contributed by atoms with E-state index in [2.05, 4.69) is 15.6 Å². The SMILES string of the molecule is O=C(NCCc1ccc(F)cc1)c1cc(NCC2CCCO2)ccn1. The molecule has 0 spiro atoms. The monoisotopic (exact) mass is 343 g/mol. The van der Waals surface area contributed by atoms with E-state index in [1.807, 2.05) is 6.07 Å². The third-order valence-corrected chi connectivity index (χ3v) is 4.16. The largest absolute Gasteiger partial charge is 0.382 e. The molecule has 0 aliphatic carbocycles. The highest BCUT2D eigenvalue weighted by molar-refractivity contribution is 5.93. The number of ether oxygens (including phenoxy) is 1. The first-order chi connectivity index (χ1) is 12.2. The summed E-state index contributed by atoms with van der Waals surface area (Å²) in [5.74, 6) is -0.479. The maximum atomic E-state index is 12.9. The zero-order valence-corrected chi connectivity index (χ0v) is 14.0. The molecule has 1 saturated heterocycles. The van der Waals surface area contributed by atoms with Crippen LogP contribution in [0.2, 0.25) is 0 Å². The molecule has 0 radical (unpaired) electrons. The van der Waals surface area contributed by atoms with Gasteiger partial charge in [0.05, 0.1) is 6.10 Å². The van der Waals surface area contributed by atoms with Crippen LogP contribution < -0.4 is 10.6 Å². The smallest absolute Gasteiger partial charge is 0.269 e. The van der Waals surface area contributed by atoms with Gasteiger partial charge in [0.15, 0.2) is 0 Å². The highest BCUT2D eigenvalue weighted by Gasteiger charge is 2.15. The number of hydrogen-bond acceptors (Lipinski definition) is 4. The van der Waals surface area contributed by atoms with Gasteiger partial charge in [-0.15, -0.1) is 0 Å². The van der Waals surface area contributed by atoms with Gasteiger partial charge in [-0.1, -0.05) is 12.1 Å². The molecule has 0 saturated carbocycles. The van der Waals surface area contributed by atoms with Crippen molar-refractivity contribution in [3.05, 3.63) is 59.7 Å². The van der Waals surface area contributed by atoms with Gasteiger partial charge in [0.2, 0.25) is 0 Å². The van der Waals surface area contributed by atoms with Gasteiger partial charge in [-0.3, -0.25) is 9.78 Å². The zero-order valence-electron chi connectivity index (χ0n) is 14.0. The Kier molecular flexibility index (Phi) is 5.95. The number of amides is 1. The minimum atomic E-state index is -0.260. The molecule has 6 heteroatoms. The Morgan fingerprint density at radius 1 is 1.28 bits per heavy atom. The summed E-state index contributed by atoms with van der Waals surface area (Å²) in [5, 5.41) is 6.13. The molecule has 1 aromatic carbocycles. The van der Waals surface area contributed by atoms with E-state index in [4.69, 9.17) is 4.74 Å². The second kappa shape index (κ2) is 8.58. The van der Waals surface area contributed by atoms with Crippen LogP contribution in [-0.2, 0) is 11.2 Å². The van der Waals surface area contributed by atoms with E-state index in [9.17, 15) is 9.18 Å². The van der Waals surface area contributed by atoms with Crippen molar-refractivity contribution >= 4 is 11.6 Å². The number of rotatable bonds is 7. The Morgan fingerprint density at radius 3 is 2.88 bits per heavy atom. The van der Waals surface area contributed by atoms with Crippen LogP contribution in [0.4, 0.5) is 10.1 Å². The van der Waals surface area contributed by atoms with Crippen molar-refractivity contribution < 1.29 is 13.9 Å². The molecule has 132 valence electrons. The Morgan fingerprint density at radius 2 is 2.12 bits per heavy atom. The van der Waals surface area contributed by atoms with E-state index in [1.165, 1.54) is 12.1 Å². The van der Waals surface area contributed by atoms with Gasteiger partial charge < -0.3 is 15.4 Å². The predicted octanol–water partition coefficient (Wildman–Crippen LogP) is 2.78. The molecule has 1 aliphatic heterocycles. The minimum Gasteiger partial charge on any atom is -0.382 e.